The van der Waals surface area contributed by atoms with Gasteiger partial charge in [0.25, 0.3) is 0 Å². The van der Waals surface area contributed by atoms with Crippen molar-refractivity contribution in [2.75, 3.05) is 0 Å². The average molecular weight is 269 g/mol. The highest BCUT2D eigenvalue weighted by atomic mass is 16.4. The van der Waals surface area contributed by atoms with Gasteiger partial charge in [-0.2, -0.15) is 0 Å². The van der Waals surface area contributed by atoms with Gasteiger partial charge in [0.15, 0.2) is 0 Å². The zero-order valence-electron chi connectivity index (χ0n) is 10.9. The molecular weight excluding hydrogens is 254 g/mol. The molecule has 0 saturated heterocycles. The van der Waals surface area contributed by atoms with Gasteiger partial charge in [-0.3, -0.25) is 9.78 Å². The lowest BCUT2D eigenvalue weighted by atomic mass is 9.93. The lowest BCUT2D eigenvalue weighted by molar-refractivity contribution is -0.140. The first-order chi connectivity index (χ1) is 9.63. The summed E-state index contributed by atoms with van der Waals surface area (Å²) in [5, 5.41) is 19.5. The molecule has 1 aromatic heterocycles. The number of aliphatic hydroxyl groups is 1. The number of carboxylic acid groups (broad SMARTS) is 1. The van der Waals surface area contributed by atoms with E-state index in [1.807, 2.05) is 0 Å². The van der Waals surface area contributed by atoms with Crippen LogP contribution in [0.1, 0.15) is 35.6 Å². The molecule has 1 unspecified atom stereocenters. The molecule has 1 atom stereocenters. The highest BCUT2D eigenvalue weighted by Gasteiger charge is 2.51. The number of hydrogen-bond acceptors (Lipinski definition) is 3. The van der Waals surface area contributed by atoms with Gasteiger partial charge in [0.2, 0.25) is 0 Å². The molecular formula is C16H15NO3. The molecule has 0 radical (unpaired) electrons. The minimum atomic E-state index is -0.764. The van der Waals surface area contributed by atoms with Crippen LogP contribution >= 0.6 is 0 Å². The van der Waals surface area contributed by atoms with Crippen molar-refractivity contribution in [1.29, 1.82) is 0 Å². The molecule has 1 fully saturated rings. The third-order valence-electron chi connectivity index (χ3n) is 3.96. The SMILES string of the molecule is O=C(O)C1(c2ccc(C(O)c3ccncc3)cc2)CC1. The molecule has 0 spiro atoms. The monoisotopic (exact) mass is 269 g/mol. The molecule has 4 heteroatoms. The minimum Gasteiger partial charge on any atom is -0.481 e. The quantitative estimate of drug-likeness (QED) is 0.893. The fraction of sp³-hybridized carbons (Fsp3) is 0.250. The fourth-order valence-corrected chi connectivity index (χ4v) is 2.47. The number of aliphatic carboxylic acids is 1. The Morgan fingerprint density at radius 3 is 2.10 bits per heavy atom. The first kappa shape index (κ1) is 12.8. The van der Waals surface area contributed by atoms with Crippen LogP contribution < -0.4 is 0 Å². The van der Waals surface area contributed by atoms with Crippen molar-refractivity contribution < 1.29 is 15.0 Å². The van der Waals surface area contributed by atoms with E-state index in [9.17, 15) is 15.0 Å². The van der Waals surface area contributed by atoms with Crippen LogP contribution in [0, 0.1) is 0 Å². The molecule has 1 heterocycles. The highest BCUT2D eigenvalue weighted by Crippen LogP contribution is 2.48. The maximum absolute atomic E-state index is 11.3. The maximum atomic E-state index is 11.3. The minimum absolute atomic E-state index is 0.689. The summed E-state index contributed by atoms with van der Waals surface area (Å²) in [6.07, 6.45) is 3.93. The normalized spacial score (nSPS) is 17.4. The second-order valence-electron chi connectivity index (χ2n) is 5.19. The van der Waals surface area contributed by atoms with Crippen LogP contribution in [0.4, 0.5) is 0 Å². The number of hydrogen-bond donors (Lipinski definition) is 2. The van der Waals surface area contributed by atoms with Gasteiger partial charge in [-0.15, -0.1) is 0 Å². The average Bonchev–Trinajstić information content (AvgIpc) is 3.29. The van der Waals surface area contributed by atoms with Crippen molar-refractivity contribution in [3.05, 3.63) is 65.5 Å². The molecule has 1 aromatic carbocycles. The van der Waals surface area contributed by atoms with E-state index in [-0.39, 0.29) is 0 Å². The van der Waals surface area contributed by atoms with E-state index >= 15 is 0 Å². The van der Waals surface area contributed by atoms with Gasteiger partial charge in [0.05, 0.1) is 5.41 Å². The third kappa shape index (κ3) is 2.08. The summed E-state index contributed by atoms with van der Waals surface area (Å²) >= 11 is 0. The van der Waals surface area contributed by atoms with Crippen LogP contribution in [0.3, 0.4) is 0 Å². The number of aromatic nitrogens is 1. The number of pyridine rings is 1. The van der Waals surface area contributed by atoms with Gasteiger partial charge in [0.1, 0.15) is 6.10 Å². The second-order valence-corrected chi connectivity index (χ2v) is 5.19. The van der Waals surface area contributed by atoms with E-state index in [2.05, 4.69) is 4.98 Å². The first-order valence-electron chi connectivity index (χ1n) is 6.55. The maximum Gasteiger partial charge on any atom is 0.314 e. The topological polar surface area (TPSA) is 70.4 Å². The van der Waals surface area contributed by atoms with Crippen molar-refractivity contribution in [3.63, 3.8) is 0 Å². The van der Waals surface area contributed by atoms with Gasteiger partial charge in [-0.05, 0) is 41.7 Å². The molecule has 4 nitrogen and oxygen atoms in total. The van der Waals surface area contributed by atoms with E-state index in [1.54, 1.807) is 48.8 Å². The van der Waals surface area contributed by atoms with Crippen LogP contribution in [-0.4, -0.2) is 21.2 Å². The van der Waals surface area contributed by atoms with Crippen LogP contribution in [-0.2, 0) is 10.2 Å². The van der Waals surface area contributed by atoms with Crippen molar-refractivity contribution >= 4 is 5.97 Å². The van der Waals surface area contributed by atoms with Crippen molar-refractivity contribution in [3.8, 4) is 0 Å². The molecule has 1 aliphatic rings. The summed E-state index contributed by atoms with van der Waals surface area (Å²) in [6, 6.07) is 10.7. The summed E-state index contributed by atoms with van der Waals surface area (Å²) in [6.45, 7) is 0. The van der Waals surface area contributed by atoms with Gasteiger partial charge >= 0.3 is 5.97 Å². The standard InChI is InChI=1S/C16H15NO3/c18-14(12-5-9-17-10-6-12)11-1-3-13(4-2-11)16(7-8-16)15(19)20/h1-6,9-10,14,18H,7-8H2,(H,19,20). The third-order valence-corrected chi connectivity index (χ3v) is 3.96. The number of carbonyl (C=O) groups is 1. The van der Waals surface area contributed by atoms with E-state index in [0.717, 1.165) is 16.7 Å². The van der Waals surface area contributed by atoms with Gasteiger partial charge in [-0.25, -0.2) is 0 Å². The Kier molecular flexibility index (Phi) is 3.03. The summed E-state index contributed by atoms with van der Waals surface area (Å²) in [4.78, 5) is 15.2. The van der Waals surface area contributed by atoms with Gasteiger partial charge in [0, 0.05) is 12.4 Å². The molecule has 0 bridgehead atoms. The molecule has 2 N–H and O–H groups in total. The smallest absolute Gasteiger partial charge is 0.314 e. The Morgan fingerprint density at radius 2 is 1.60 bits per heavy atom. The van der Waals surface area contributed by atoms with Crippen molar-refractivity contribution in [2.24, 2.45) is 0 Å². The summed E-state index contributed by atoms with van der Waals surface area (Å²) in [7, 11) is 0. The predicted octanol–water partition coefficient (Wildman–Crippen LogP) is 2.28. The summed E-state index contributed by atoms with van der Waals surface area (Å²) < 4.78 is 0. The van der Waals surface area contributed by atoms with Crippen LogP contribution in [0.15, 0.2) is 48.8 Å². The first-order valence-corrected chi connectivity index (χ1v) is 6.55. The number of rotatable bonds is 4. The number of carboxylic acids is 1. The Hall–Kier alpha value is -2.20. The molecule has 20 heavy (non-hydrogen) atoms. The fourth-order valence-electron chi connectivity index (χ4n) is 2.47. The largest absolute Gasteiger partial charge is 0.481 e. The van der Waals surface area contributed by atoms with E-state index in [4.69, 9.17) is 0 Å². The Balaban J connectivity index is 1.85. The molecule has 1 aliphatic carbocycles. The Morgan fingerprint density at radius 1 is 1.05 bits per heavy atom. The van der Waals surface area contributed by atoms with Crippen molar-refractivity contribution in [2.45, 2.75) is 24.4 Å². The van der Waals surface area contributed by atoms with Gasteiger partial charge < -0.3 is 10.2 Å². The Labute approximate surface area is 116 Å². The summed E-state index contributed by atoms with van der Waals surface area (Å²) in [5.74, 6) is -0.764. The zero-order chi connectivity index (χ0) is 14.2. The number of aliphatic hydroxyl groups excluding tert-OH is 1. The highest BCUT2D eigenvalue weighted by molar-refractivity contribution is 5.84. The zero-order valence-corrected chi connectivity index (χ0v) is 10.9. The van der Waals surface area contributed by atoms with Gasteiger partial charge in [-0.1, -0.05) is 24.3 Å². The molecule has 0 amide bonds. The second kappa shape index (κ2) is 4.72. The van der Waals surface area contributed by atoms with Crippen LogP contribution in [0.2, 0.25) is 0 Å². The van der Waals surface area contributed by atoms with E-state index < -0.39 is 17.5 Å². The lowest BCUT2D eigenvalue weighted by Gasteiger charge is -2.14. The molecule has 0 aliphatic heterocycles. The number of nitrogens with zero attached hydrogens (tertiary/aromatic N) is 1. The predicted molar refractivity (Wildman–Crippen MR) is 73.3 cm³/mol. The molecule has 1 saturated carbocycles. The molecule has 102 valence electrons. The summed E-state index contributed by atoms with van der Waals surface area (Å²) in [5.41, 5.74) is 1.64. The lowest BCUT2D eigenvalue weighted by Crippen LogP contribution is -2.19. The van der Waals surface area contributed by atoms with E-state index in [1.165, 1.54) is 0 Å². The van der Waals surface area contributed by atoms with Crippen molar-refractivity contribution in [1.82, 2.24) is 4.98 Å². The number of benzene rings is 1. The van der Waals surface area contributed by atoms with E-state index in [0.29, 0.717) is 12.8 Å². The van der Waals surface area contributed by atoms with Crippen LogP contribution in [0.5, 0.6) is 0 Å². The molecule has 3 rings (SSSR count). The molecule has 2 aromatic rings. The Bertz CT molecular complexity index is 618. The van der Waals surface area contributed by atoms with Crippen LogP contribution in [0.25, 0.3) is 0 Å².